The molecule has 1 fully saturated rings. The average Bonchev–Trinajstić information content (AvgIpc) is 3.32. The van der Waals surface area contributed by atoms with Gasteiger partial charge < -0.3 is 4.42 Å². The molecule has 3 aromatic heterocycles. The normalized spacial score (nSPS) is 16.6. The van der Waals surface area contributed by atoms with Gasteiger partial charge in [-0.1, -0.05) is 38.8 Å². The van der Waals surface area contributed by atoms with Gasteiger partial charge in [-0.3, -0.25) is 0 Å². The average molecular weight is 401 g/mol. The van der Waals surface area contributed by atoms with Crippen molar-refractivity contribution < 1.29 is 10.4 Å². The number of nitrogens with zero attached hydrogens (tertiary/aromatic N) is 2. The molecule has 1 aliphatic rings. The third-order valence-electron chi connectivity index (χ3n) is 6.41. The molecule has 0 bridgehead atoms. The van der Waals surface area contributed by atoms with Crippen LogP contribution in [0.25, 0.3) is 33.3 Å². The number of hydrogen-bond acceptors (Lipinski definition) is 2. The monoisotopic (exact) mass is 400 g/mol. The zero-order valence-electron chi connectivity index (χ0n) is 19.5. The second kappa shape index (κ2) is 7.54. The van der Waals surface area contributed by atoms with Crippen molar-refractivity contribution in [2.45, 2.75) is 58.8 Å². The third-order valence-corrected chi connectivity index (χ3v) is 6.41. The summed E-state index contributed by atoms with van der Waals surface area (Å²) in [5, 5.41) is 2.17. The standard InChI is InChI=1S/C27H31N2O/c1-17(2)15-21-10-12-23-22-11-9-18(3)25(26(22)30-27(23)28-21)24-16-20(13-14-29(24)4)19-7-5-6-8-19/h9-14,16-17,19H,5-8,15H2,1-4H3/q+1/i19D. The van der Waals surface area contributed by atoms with Crippen LogP contribution in [0.5, 0.6) is 0 Å². The predicted molar refractivity (Wildman–Crippen MR) is 123 cm³/mol. The van der Waals surface area contributed by atoms with Crippen molar-refractivity contribution in [1.29, 1.82) is 0 Å². The van der Waals surface area contributed by atoms with Crippen LogP contribution in [0.3, 0.4) is 0 Å². The molecule has 4 aromatic rings. The fraction of sp³-hybridized carbons (Fsp3) is 0.407. The molecule has 154 valence electrons. The van der Waals surface area contributed by atoms with E-state index in [1.54, 1.807) is 0 Å². The summed E-state index contributed by atoms with van der Waals surface area (Å²) < 4.78 is 17.6. The first-order chi connectivity index (χ1) is 14.9. The van der Waals surface area contributed by atoms with Crippen molar-refractivity contribution in [2.75, 3.05) is 0 Å². The number of rotatable bonds is 4. The van der Waals surface area contributed by atoms with Crippen molar-refractivity contribution in [1.82, 2.24) is 4.98 Å². The Bertz CT molecular complexity index is 1280. The van der Waals surface area contributed by atoms with Crippen LogP contribution in [0.15, 0.2) is 47.0 Å². The van der Waals surface area contributed by atoms with Gasteiger partial charge in [-0.05, 0) is 61.3 Å². The van der Waals surface area contributed by atoms with Gasteiger partial charge in [-0.15, -0.1) is 0 Å². The SMILES string of the molecule is [2H]C1(c2cc[n+](C)c(-c3c(C)ccc4c3oc3nc(CC(C)C)ccc34)c2)CCCC1. The lowest BCUT2D eigenvalue weighted by Crippen LogP contribution is -2.31. The molecule has 3 heterocycles. The van der Waals surface area contributed by atoms with Gasteiger partial charge >= 0.3 is 0 Å². The van der Waals surface area contributed by atoms with E-state index < -0.39 is 5.89 Å². The molecule has 0 N–H and O–H groups in total. The zero-order valence-corrected chi connectivity index (χ0v) is 18.5. The molecule has 5 rings (SSSR count). The maximum atomic E-state index is 8.99. The van der Waals surface area contributed by atoms with Gasteiger partial charge in [0.1, 0.15) is 7.05 Å². The molecule has 0 radical (unpaired) electrons. The first-order valence-corrected chi connectivity index (χ1v) is 11.2. The summed E-state index contributed by atoms with van der Waals surface area (Å²) in [7, 11) is 2.07. The van der Waals surface area contributed by atoms with Crippen LogP contribution in [0.1, 0.15) is 63.6 Å². The Morgan fingerprint density at radius 2 is 1.90 bits per heavy atom. The highest BCUT2D eigenvalue weighted by Crippen LogP contribution is 2.39. The molecule has 0 aliphatic heterocycles. The Hall–Kier alpha value is -2.68. The molecule has 3 heteroatoms. The summed E-state index contributed by atoms with van der Waals surface area (Å²) in [4.78, 5) is 4.83. The minimum atomic E-state index is -0.466. The fourth-order valence-electron chi connectivity index (χ4n) is 4.84. The highest BCUT2D eigenvalue weighted by atomic mass is 16.3. The van der Waals surface area contributed by atoms with E-state index in [0.717, 1.165) is 71.0 Å². The highest BCUT2D eigenvalue weighted by Gasteiger charge is 2.24. The van der Waals surface area contributed by atoms with Gasteiger partial charge in [0.05, 0.1) is 5.56 Å². The second-order valence-electron chi connectivity index (χ2n) is 9.21. The number of fused-ring (bicyclic) bond motifs is 3. The third kappa shape index (κ3) is 3.30. The number of aryl methyl sites for hydroxylation is 2. The molecule has 30 heavy (non-hydrogen) atoms. The molecule has 3 nitrogen and oxygen atoms in total. The van der Waals surface area contributed by atoms with Crippen LogP contribution < -0.4 is 4.57 Å². The highest BCUT2D eigenvalue weighted by molar-refractivity contribution is 6.08. The Labute approximate surface area is 180 Å². The molecule has 1 saturated carbocycles. The molecule has 0 spiro atoms. The molecular formula is C27H31N2O+. The van der Waals surface area contributed by atoms with E-state index >= 15 is 0 Å². The van der Waals surface area contributed by atoms with Crippen molar-refractivity contribution >= 4 is 22.1 Å². The van der Waals surface area contributed by atoms with Gasteiger partial charge in [0, 0.05) is 30.0 Å². The van der Waals surface area contributed by atoms with E-state index in [-0.39, 0.29) is 0 Å². The Kier molecular flexibility index (Phi) is 4.55. The molecule has 0 saturated heterocycles. The van der Waals surface area contributed by atoms with Crippen LogP contribution in [0, 0.1) is 12.8 Å². The van der Waals surface area contributed by atoms with E-state index in [0.29, 0.717) is 11.6 Å². The number of benzene rings is 1. The summed E-state index contributed by atoms with van der Waals surface area (Å²) in [6.07, 6.45) is 7.21. The molecular weight excluding hydrogens is 368 g/mol. The molecule has 0 amide bonds. The van der Waals surface area contributed by atoms with Gasteiger partial charge in [-0.25, -0.2) is 9.55 Å². The molecule has 1 aliphatic carbocycles. The lowest BCUT2D eigenvalue weighted by molar-refractivity contribution is -0.660. The van der Waals surface area contributed by atoms with E-state index in [1.807, 2.05) is 0 Å². The van der Waals surface area contributed by atoms with E-state index in [2.05, 4.69) is 75.0 Å². The summed E-state index contributed by atoms with van der Waals surface area (Å²) in [6, 6.07) is 12.9. The lowest BCUT2D eigenvalue weighted by atomic mass is 9.94. The summed E-state index contributed by atoms with van der Waals surface area (Å²) in [6.45, 7) is 6.56. The van der Waals surface area contributed by atoms with Crippen molar-refractivity contribution in [3.63, 3.8) is 0 Å². The summed E-state index contributed by atoms with van der Waals surface area (Å²) >= 11 is 0. The lowest BCUT2D eigenvalue weighted by Gasteiger charge is -2.11. The van der Waals surface area contributed by atoms with E-state index in [9.17, 15) is 0 Å². The van der Waals surface area contributed by atoms with E-state index in [4.69, 9.17) is 10.8 Å². The first kappa shape index (κ1) is 18.1. The summed E-state index contributed by atoms with van der Waals surface area (Å²) in [5.41, 5.74) is 7.17. The minimum Gasteiger partial charge on any atom is -0.437 e. The smallest absolute Gasteiger partial charge is 0.227 e. The maximum absolute atomic E-state index is 8.99. The number of furan rings is 1. The second-order valence-corrected chi connectivity index (χ2v) is 9.21. The van der Waals surface area contributed by atoms with Gasteiger partial charge in [0.25, 0.3) is 0 Å². The topological polar surface area (TPSA) is 29.9 Å². The Morgan fingerprint density at radius 1 is 1.13 bits per heavy atom. The maximum Gasteiger partial charge on any atom is 0.227 e. The quantitative estimate of drug-likeness (QED) is 0.360. The van der Waals surface area contributed by atoms with Crippen LogP contribution in [0.4, 0.5) is 0 Å². The van der Waals surface area contributed by atoms with Crippen LogP contribution in [-0.4, -0.2) is 4.98 Å². The predicted octanol–water partition coefficient (Wildman–Crippen LogP) is 6.64. The minimum absolute atomic E-state index is 0.466. The first-order valence-electron chi connectivity index (χ1n) is 11.7. The van der Waals surface area contributed by atoms with Gasteiger partial charge in [-0.2, -0.15) is 0 Å². The van der Waals surface area contributed by atoms with Crippen molar-refractivity contribution in [2.24, 2.45) is 13.0 Å². The number of hydrogen-bond donors (Lipinski definition) is 0. The molecule has 0 unspecified atom stereocenters. The van der Waals surface area contributed by atoms with Crippen molar-refractivity contribution in [3.8, 4) is 11.3 Å². The number of aromatic nitrogens is 2. The summed E-state index contributed by atoms with van der Waals surface area (Å²) in [5.74, 6) is 0.0909. The van der Waals surface area contributed by atoms with E-state index in [1.165, 1.54) is 5.56 Å². The van der Waals surface area contributed by atoms with Crippen LogP contribution >= 0.6 is 0 Å². The Morgan fingerprint density at radius 3 is 2.67 bits per heavy atom. The fourth-order valence-corrected chi connectivity index (χ4v) is 4.84. The van der Waals surface area contributed by atoms with Crippen molar-refractivity contribution in [3.05, 3.63) is 59.4 Å². The Balaban J connectivity index is 1.72. The molecule has 1 aromatic carbocycles. The largest absolute Gasteiger partial charge is 0.437 e. The van der Waals surface area contributed by atoms with Gasteiger partial charge in [0.15, 0.2) is 11.8 Å². The van der Waals surface area contributed by atoms with Crippen LogP contribution in [0.2, 0.25) is 0 Å². The van der Waals surface area contributed by atoms with Crippen LogP contribution in [-0.2, 0) is 13.5 Å². The zero-order chi connectivity index (χ0) is 21.8. The molecule has 0 atom stereocenters. The van der Waals surface area contributed by atoms with Gasteiger partial charge in [0.2, 0.25) is 11.4 Å². The number of pyridine rings is 2.